The van der Waals surface area contributed by atoms with Crippen molar-refractivity contribution in [1.82, 2.24) is 4.98 Å². The van der Waals surface area contributed by atoms with E-state index in [-0.39, 0.29) is 3.79 Å². The summed E-state index contributed by atoms with van der Waals surface area (Å²) < 4.78 is 105. The molecule has 0 bridgehead atoms. The molecule has 3 heteroatoms. The molecule has 1 rings (SSSR count). The fourth-order valence-electron chi connectivity index (χ4n) is 0.545. The molecule has 0 amide bonds. The lowest BCUT2D eigenvalue weighted by Crippen LogP contribution is -1.88. The van der Waals surface area contributed by atoms with Gasteiger partial charge in [0.2, 0.25) is 0 Å². The van der Waals surface area contributed by atoms with Crippen LogP contribution >= 0.6 is 27.3 Å². The van der Waals surface area contributed by atoms with Crippen molar-refractivity contribution >= 4 is 27.3 Å². The Balaban J connectivity index is 3.69. The Morgan fingerprint density at radius 1 is 1.83 bits per heavy atom. The summed E-state index contributed by atoms with van der Waals surface area (Å²) in [6.07, 6.45) is -6.64. The van der Waals surface area contributed by atoms with Gasteiger partial charge >= 0.3 is 0 Å². The Labute approximate surface area is 106 Å². The highest BCUT2D eigenvalue weighted by molar-refractivity contribution is 9.11. The first-order valence-corrected chi connectivity index (χ1v) is 4.40. The topological polar surface area (TPSA) is 12.9 Å². The normalized spacial score (nSPS) is 34.8. The average Bonchev–Trinajstić information content (AvgIpc) is 2.76. The molecule has 1 aromatic heterocycles. The Morgan fingerprint density at radius 3 is 3.33 bits per heavy atom. The van der Waals surface area contributed by atoms with Gasteiger partial charge in [0.15, 0.2) is 0 Å². The molecule has 0 fully saturated rings. The number of aryl methyl sites for hydroxylation is 1. The summed E-state index contributed by atoms with van der Waals surface area (Å²) in [5.41, 5.74) is -0.816. The molecule has 0 aliphatic carbocycles. The summed E-state index contributed by atoms with van der Waals surface area (Å²) in [4.78, 5) is 3.57. The maximum atomic E-state index is 8.03. The second-order valence-corrected chi connectivity index (χ2v) is 4.08. The highest BCUT2D eigenvalue weighted by Gasteiger charge is 2.09. The van der Waals surface area contributed by atoms with Gasteiger partial charge in [-0.25, -0.2) is 4.98 Å². The number of halogens is 1. The zero-order valence-corrected chi connectivity index (χ0v) is 8.14. The zero-order chi connectivity index (χ0) is 21.1. The number of rotatable bonds is 3. The minimum absolute atomic E-state index is 0.296. The molecule has 0 aromatic carbocycles. The first kappa shape index (κ1) is 2.19. The lowest BCUT2D eigenvalue weighted by molar-refractivity contribution is 0.821. The minimum atomic E-state index is -3.42. The van der Waals surface area contributed by atoms with Crippen LogP contribution in [0.1, 0.15) is 62.7 Å². The van der Waals surface area contributed by atoms with Crippen molar-refractivity contribution in [1.29, 1.82) is 0 Å². The molecule has 0 saturated heterocycles. The summed E-state index contributed by atoms with van der Waals surface area (Å²) in [6.45, 7) is -10.1. The average molecular weight is 262 g/mol. The summed E-state index contributed by atoms with van der Waals surface area (Å²) in [5, 5.41) is -0.801. The molecule has 0 aliphatic heterocycles. The predicted molar refractivity (Wildman–Crippen MR) is 57.9 cm³/mol. The molecular formula is C9H14BrNS. The van der Waals surface area contributed by atoms with E-state index in [9.17, 15) is 0 Å². The molecule has 1 heterocycles. The van der Waals surface area contributed by atoms with Crippen LogP contribution in [0.15, 0.2) is 3.79 Å². The van der Waals surface area contributed by atoms with Crippen molar-refractivity contribution in [3.05, 3.63) is 14.5 Å². The SMILES string of the molecule is [2H]C([2H])([2H])C([2H])([2H])C([2H])([2H])c1nc(C([2H])(C([2H])([2H])[2H])C([2H])([2H])[2H])sc1Br. The van der Waals surface area contributed by atoms with Gasteiger partial charge < -0.3 is 0 Å². The lowest BCUT2D eigenvalue weighted by Gasteiger charge is -1.95. The van der Waals surface area contributed by atoms with Crippen molar-refractivity contribution in [2.24, 2.45) is 0 Å². The molecular weight excluding hydrogens is 234 g/mol. The van der Waals surface area contributed by atoms with E-state index in [4.69, 9.17) is 19.2 Å². The summed E-state index contributed by atoms with van der Waals surface area (Å²) in [7, 11) is 0. The maximum absolute atomic E-state index is 8.03. The van der Waals surface area contributed by atoms with Crippen molar-refractivity contribution in [2.75, 3.05) is 0 Å². The first-order valence-electron chi connectivity index (χ1n) is 9.79. The van der Waals surface area contributed by atoms with Gasteiger partial charge in [-0.05, 0) is 22.3 Å². The van der Waals surface area contributed by atoms with E-state index in [0.29, 0.717) is 11.3 Å². The first-order chi connectivity index (χ1) is 11.1. The monoisotopic (exact) mass is 261 g/mol. The van der Waals surface area contributed by atoms with Gasteiger partial charge in [0.05, 0.1) is 14.5 Å². The molecule has 1 nitrogen and oxygen atoms in total. The van der Waals surface area contributed by atoms with E-state index in [1.165, 1.54) is 0 Å². The third-order valence-corrected chi connectivity index (χ3v) is 2.70. The van der Waals surface area contributed by atoms with Gasteiger partial charge in [0, 0.05) is 25.1 Å². The van der Waals surface area contributed by atoms with E-state index < -0.39 is 49.9 Å². The van der Waals surface area contributed by atoms with Crippen LogP contribution in [0.3, 0.4) is 0 Å². The number of thiazole rings is 1. The second kappa shape index (κ2) is 4.38. The van der Waals surface area contributed by atoms with Crippen LogP contribution < -0.4 is 0 Å². The smallest absolute Gasteiger partial charge is 0.0965 e. The molecule has 68 valence electrons. The predicted octanol–water partition coefficient (Wildman–Crippen LogP) is 3.98. The third kappa shape index (κ3) is 2.30. The van der Waals surface area contributed by atoms with Crippen molar-refractivity contribution in [3.63, 3.8) is 0 Å². The maximum Gasteiger partial charge on any atom is 0.0965 e. The summed E-state index contributed by atoms with van der Waals surface area (Å²) in [6, 6.07) is 0. The van der Waals surface area contributed by atoms with E-state index in [0.717, 1.165) is 0 Å². The molecule has 0 spiro atoms. The van der Waals surface area contributed by atoms with E-state index in [2.05, 4.69) is 20.9 Å². The van der Waals surface area contributed by atoms with Gasteiger partial charge in [-0.3, -0.25) is 0 Å². The minimum Gasteiger partial charge on any atom is -0.245 e. The molecule has 0 saturated carbocycles. The van der Waals surface area contributed by atoms with E-state index in [1.54, 1.807) is 0 Å². The van der Waals surface area contributed by atoms with Gasteiger partial charge in [-0.1, -0.05) is 26.9 Å². The summed E-state index contributed by atoms with van der Waals surface area (Å²) in [5.74, 6) is -3.20. The number of nitrogens with zero attached hydrogens (tertiary/aromatic N) is 1. The zero-order valence-electron chi connectivity index (χ0n) is 19.7. The molecule has 0 unspecified atom stereocenters. The quantitative estimate of drug-likeness (QED) is 0.802. The van der Waals surface area contributed by atoms with Crippen LogP contribution in [0, 0.1) is 0 Å². The van der Waals surface area contributed by atoms with Crippen LogP contribution in [0.5, 0.6) is 0 Å². The highest BCUT2D eigenvalue weighted by atomic mass is 79.9. The standard InChI is InChI=1S/C9H14BrNS/c1-4-5-7-8(10)12-9(11-7)6(2)3/h6H,4-5H2,1-3H3/i1D3,2D3,3D3,4D2,5D2,6D. The van der Waals surface area contributed by atoms with Gasteiger partial charge in [-0.15, -0.1) is 11.3 Å². The molecule has 1 aromatic rings. The second-order valence-electron chi connectivity index (χ2n) is 1.77. The number of hydrogen-bond donors (Lipinski definition) is 0. The Bertz CT molecular complexity index is 653. The Morgan fingerprint density at radius 2 is 2.67 bits per heavy atom. The molecule has 0 aliphatic rings. The van der Waals surface area contributed by atoms with Crippen molar-refractivity contribution in [2.45, 2.75) is 39.2 Å². The van der Waals surface area contributed by atoms with Crippen molar-refractivity contribution < 1.29 is 19.2 Å². The molecule has 0 radical (unpaired) electrons. The van der Waals surface area contributed by atoms with Crippen LogP contribution in [-0.4, -0.2) is 4.98 Å². The van der Waals surface area contributed by atoms with E-state index in [1.807, 2.05) is 0 Å². The summed E-state index contributed by atoms with van der Waals surface area (Å²) >= 11 is 3.19. The lowest BCUT2D eigenvalue weighted by atomic mass is 10.2. The fourth-order valence-corrected chi connectivity index (χ4v) is 1.79. The molecule has 12 heavy (non-hydrogen) atoms. The van der Waals surface area contributed by atoms with E-state index >= 15 is 0 Å². The van der Waals surface area contributed by atoms with Gasteiger partial charge in [0.1, 0.15) is 0 Å². The fraction of sp³-hybridized carbons (Fsp3) is 0.667. The van der Waals surface area contributed by atoms with Crippen LogP contribution in [0.2, 0.25) is 0 Å². The largest absolute Gasteiger partial charge is 0.245 e. The van der Waals surface area contributed by atoms with Crippen LogP contribution in [0.25, 0.3) is 0 Å². The van der Waals surface area contributed by atoms with Crippen LogP contribution in [-0.2, 0) is 6.37 Å². The number of aromatic nitrogens is 1. The number of hydrogen-bond acceptors (Lipinski definition) is 2. The Kier molecular flexibility index (Phi) is 0.799. The van der Waals surface area contributed by atoms with Crippen LogP contribution in [0.4, 0.5) is 0 Å². The van der Waals surface area contributed by atoms with Gasteiger partial charge in [-0.2, -0.15) is 0 Å². The van der Waals surface area contributed by atoms with Crippen molar-refractivity contribution in [3.8, 4) is 0 Å². The van der Waals surface area contributed by atoms with Gasteiger partial charge in [0.25, 0.3) is 0 Å². The highest BCUT2D eigenvalue weighted by Crippen LogP contribution is 2.29. The third-order valence-electron chi connectivity index (χ3n) is 0.981. The molecule has 0 atom stereocenters. The Hall–Kier alpha value is 0.110. The molecule has 0 N–H and O–H groups in total.